The highest BCUT2D eigenvalue weighted by Gasteiger charge is 2.58. The van der Waals surface area contributed by atoms with E-state index < -0.39 is 0 Å². The van der Waals surface area contributed by atoms with E-state index in [1.807, 2.05) is 30.3 Å². The highest BCUT2D eigenvalue weighted by atomic mass is 16.5. The Hall–Kier alpha value is -2.29. The van der Waals surface area contributed by atoms with Crippen LogP contribution in [0.5, 0.6) is 11.5 Å². The number of methoxy groups -OCH3 is 1. The summed E-state index contributed by atoms with van der Waals surface area (Å²) in [7, 11) is 1.75. The van der Waals surface area contributed by atoms with Gasteiger partial charge in [0.2, 0.25) is 0 Å². The summed E-state index contributed by atoms with van der Waals surface area (Å²) >= 11 is 0. The van der Waals surface area contributed by atoms with Gasteiger partial charge in [-0.3, -0.25) is 4.79 Å². The Kier molecular flexibility index (Phi) is 6.01. The zero-order chi connectivity index (χ0) is 22.1. The molecule has 0 amide bonds. The summed E-state index contributed by atoms with van der Waals surface area (Å²) in [6.45, 7) is 3.05. The molecule has 0 heterocycles. The van der Waals surface area contributed by atoms with Crippen molar-refractivity contribution < 1.29 is 14.3 Å². The largest absolute Gasteiger partial charge is 0.497 e. The number of carbonyl (C=O) groups is 1. The number of ketones is 1. The van der Waals surface area contributed by atoms with E-state index in [1.54, 1.807) is 7.11 Å². The van der Waals surface area contributed by atoms with E-state index in [0.29, 0.717) is 29.5 Å². The molecule has 3 aliphatic carbocycles. The molecule has 3 nitrogen and oxygen atoms in total. The van der Waals surface area contributed by atoms with Gasteiger partial charge >= 0.3 is 0 Å². The van der Waals surface area contributed by atoms with Gasteiger partial charge in [-0.1, -0.05) is 31.2 Å². The third-order valence-corrected chi connectivity index (χ3v) is 8.76. The number of rotatable bonds is 7. The number of benzene rings is 2. The van der Waals surface area contributed by atoms with E-state index in [0.717, 1.165) is 63.1 Å². The number of Topliss-reactive ketones (excluding diaryl/α,β-unsaturated/α-hetero) is 1. The molecule has 5 rings (SSSR count). The van der Waals surface area contributed by atoms with Gasteiger partial charge in [0.15, 0.2) is 0 Å². The van der Waals surface area contributed by atoms with Crippen molar-refractivity contribution in [1.82, 2.24) is 0 Å². The van der Waals surface area contributed by atoms with E-state index in [2.05, 4.69) is 25.1 Å². The highest BCUT2D eigenvalue weighted by molar-refractivity contribution is 5.87. The van der Waals surface area contributed by atoms with Crippen LogP contribution in [0.3, 0.4) is 0 Å². The van der Waals surface area contributed by atoms with Gasteiger partial charge in [-0.05, 0) is 104 Å². The summed E-state index contributed by atoms with van der Waals surface area (Å²) in [5.74, 6) is 4.78. The molecular formula is C29H36O3. The second-order valence-electron chi connectivity index (χ2n) is 10.4. The third kappa shape index (κ3) is 3.84. The molecule has 32 heavy (non-hydrogen) atoms. The molecular weight excluding hydrogens is 396 g/mol. The molecule has 0 aromatic heterocycles. The number of hydrogen-bond donors (Lipinski definition) is 0. The first-order chi connectivity index (χ1) is 15.6. The van der Waals surface area contributed by atoms with Gasteiger partial charge in [-0.15, -0.1) is 0 Å². The quantitative estimate of drug-likeness (QED) is 0.463. The Balaban J connectivity index is 1.26. The van der Waals surface area contributed by atoms with Gasteiger partial charge in [0.05, 0.1) is 13.7 Å². The molecule has 3 aliphatic rings. The van der Waals surface area contributed by atoms with Gasteiger partial charge in [0.25, 0.3) is 0 Å². The Morgan fingerprint density at radius 2 is 1.88 bits per heavy atom. The van der Waals surface area contributed by atoms with Crippen molar-refractivity contribution in [2.45, 2.75) is 64.2 Å². The summed E-state index contributed by atoms with van der Waals surface area (Å²) in [6, 6.07) is 16.7. The maximum atomic E-state index is 13.2. The second kappa shape index (κ2) is 8.92. The number of fused-ring (bicyclic) bond motifs is 5. The fourth-order valence-electron chi connectivity index (χ4n) is 7.23. The standard InChI is InChI=1S/C29H36O3/c1-29-16-15-25-24-14-12-23(31-2)18-20(24)11-13-26(25)28(29)21(19-27(29)30)8-6-7-17-32-22-9-4-3-5-10-22/h3-5,9-10,12,14,18,21,25-26,28H,6-8,11,13,15-17,19H2,1-2H3/t21-,25-,26-,28+,29-/m1/s1. The third-order valence-electron chi connectivity index (χ3n) is 8.76. The van der Waals surface area contributed by atoms with Crippen molar-refractivity contribution in [3.05, 3.63) is 59.7 Å². The van der Waals surface area contributed by atoms with Gasteiger partial charge in [-0.2, -0.15) is 0 Å². The summed E-state index contributed by atoms with van der Waals surface area (Å²) in [5, 5.41) is 0. The summed E-state index contributed by atoms with van der Waals surface area (Å²) in [5.41, 5.74) is 2.89. The molecule has 2 aromatic carbocycles. The Morgan fingerprint density at radius 3 is 2.69 bits per heavy atom. The molecule has 0 aliphatic heterocycles. The lowest BCUT2D eigenvalue weighted by atomic mass is 9.54. The molecule has 5 atom stereocenters. The summed E-state index contributed by atoms with van der Waals surface area (Å²) in [6.07, 6.45) is 8.68. The number of para-hydroxylation sites is 1. The molecule has 0 unspecified atom stereocenters. The average Bonchev–Trinajstić information content (AvgIpc) is 3.08. The Bertz CT molecular complexity index is 952. The van der Waals surface area contributed by atoms with Gasteiger partial charge in [-0.25, -0.2) is 0 Å². The first kappa shape index (κ1) is 21.6. The van der Waals surface area contributed by atoms with Crippen LogP contribution in [0.2, 0.25) is 0 Å². The summed E-state index contributed by atoms with van der Waals surface area (Å²) < 4.78 is 11.4. The molecule has 0 spiro atoms. The van der Waals surface area contributed by atoms with Crippen LogP contribution in [-0.4, -0.2) is 19.5 Å². The van der Waals surface area contributed by atoms with Crippen molar-refractivity contribution in [3.63, 3.8) is 0 Å². The van der Waals surface area contributed by atoms with Crippen LogP contribution in [0.25, 0.3) is 0 Å². The minimum Gasteiger partial charge on any atom is -0.497 e. The summed E-state index contributed by atoms with van der Waals surface area (Å²) in [4.78, 5) is 13.2. The Labute approximate surface area is 192 Å². The number of unbranched alkanes of at least 4 members (excludes halogenated alkanes) is 1. The van der Waals surface area contributed by atoms with Crippen LogP contribution >= 0.6 is 0 Å². The van der Waals surface area contributed by atoms with Crippen LogP contribution in [0.15, 0.2) is 48.5 Å². The maximum Gasteiger partial charge on any atom is 0.139 e. The van der Waals surface area contributed by atoms with Crippen LogP contribution in [0.4, 0.5) is 0 Å². The molecule has 0 bridgehead atoms. The highest BCUT2D eigenvalue weighted by Crippen LogP contribution is 2.62. The van der Waals surface area contributed by atoms with E-state index in [9.17, 15) is 4.79 Å². The van der Waals surface area contributed by atoms with Crippen molar-refractivity contribution in [1.29, 1.82) is 0 Å². The van der Waals surface area contributed by atoms with E-state index >= 15 is 0 Å². The number of ether oxygens (including phenoxy) is 2. The SMILES string of the molecule is COc1ccc2c(c1)CC[C@H]1[C@@H]3[C@H](CCCCOc4ccccc4)CC(=O)[C@@]3(C)CC[C@H]21. The normalized spacial score (nSPS) is 30.9. The number of carbonyl (C=O) groups excluding carboxylic acids is 1. The Morgan fingerprint density at radius 1 is 1.03 bits per heavy atom. The van der Waals surface area contributed by atoms with E-state index in [4.69, 9.17) is 9.47 Å². The first-order valence-electron chi connectivity index (χ1n) is 12.5. The van der Waals surface area contributed by atoms with Crippen molar-refractivity contribution >= 4 is 5.78 Å². The van der Waals surface area contributed by atoms with Crippen LogP contribution in [0, 0.1) is 23.2 Å². The lowest BCUT2D eigenvalue weighted by Crippen LogP contribution is -2.44. The monoisotopic (exact) mass is 432 g/mol. The molecule has 0 N–H and O–H groups in total. The van der Waals surface area contributed by atoms with Crippen LogP contribution < -0.4 is 9.47 Å². The fourth-order valence-corrected chi connectivity index (χ4v) is 7.23. The minimum absolute atomic E-state index is 0.101. The average molecular weight is 433 g/mol. The zero-order valence-electron chi connectivity index (χ0n) is 19.5. The van der Waals surface area contributed by atoms with Gasteiger partial charge < -0.3 is 9.47 Å². The zero-order valence-corrected chi connectivity index (χ0v) is 19.5. The predicted molar refractivity (Wildman–Crippen MR) is 127 cm³/mol. The topological polar surface area (TPSA) is 35.5 Å². The van der Waals surface area contributed by atoms with Gasteiger partial charge in [0.1, 0.15) is 17.3 Å². The van der Waals surface area contributed by atoms with Crippen LogP contribution in [-0.2, 0) is 11.2 Å². The van der Waals surface area contributed by atoms with Crippen molar-refractivity contribution in [2.75, 3.05) is 13.7 Å². The molecule has 2 aromatic rings. The van der Waals surface area contributed by atoms with Gasteiger partial charge in [0, 0.05) is 11.8 Å². The fraction of sp³-hybridized carbons (Fsp3) is 0.552. The van der Waals surface area contributed by atoms with Crippen LogP contribution in [0.1, 0.15) is 68.9 Å². The minimum atomic E-state index is -0.101. The molecule has 0 radical (unpaired) electrons. The first-order valence-corrected chi connectivity index (χ1v) is 12.5. The molecule has 170 valence electrons. The maximum absolute atomic E-state index is 13.2. The molecule has 0 saturated heterocycles. The molecule has 2 saturated carbocycles. The predicted octanol–water partition coefficient (Wildman–Crippen LogP) is 6.60. The smallest absolute Gasteiger partial charge is 0.139 e. The lowest BCUT2D eigenvalue weighted by molar-refractivity contribution is -0.129. The molecule has 3 heteroatoms. The second-order valence-corrected chi connectivity index (χ2v) is 10.4. The van der Waals surface area contributed by atoms with E-state index in [-0.39, 0.29) is 5.41 Å². The number of aryl methyl sites for hydroxylation is 1. The number of hydrogen-bond acceptors (Lipinski definition) is 3. The lowest BCUT2D eigenvalue weighted by Gasteiger charge is -2.50. The molecule has 2 fully saturated rings. The van der Waals surface area contributed by atoms with E-state index in [1.165, 1.54) is 17.5 Å². The van der Waals surface area contributed by atoms with Crippen molar-refractivity contribution in [3.8, 4) is 11.5 Å². The van der Waals surface area contributed by atoms with Crippen molar-refractivity contribution in [2.24, 2.45) is 23.2 Å².